The molecular formula is C25H22O2S. The van der Waals surface area contributed by atoms with Gasteiger partial charge in [0.15, 0.2) is 0 Å². The van der Waals surface area contributed by atoms with Gasteiger partial charge in [0.25, 0.3) is 0 Å². The lowest BCUT2D eigenvalue weighted by Gasteiger charge is -2.19. The molecule has 0 unspecified atom stereocenters. The van der Waals surface area contributed by atoms with Gasteiger partial charge in [-0.1, -0.05) is 66.2 Å². The molecule has 0 bridgehead atoms. The summed E-state index contributed by atoms with van der Waals surface area (Å²) in [7, 11) is 0. The molecule has 0 spiro atoms. The highest BCUT2D eigenvalue weighted by molar-refractivity contribution is 8.00. The largest absolute Gasteiger partial charge is 0.481 e. The molecule has 0 aliphatic rings. The van der Waals surface area contributed by atoms with Crippen molar-refractivity contribution >= 4 is 39.3 Å². The maximum absolute atomic E-state index is 11.2. The van der Waals surface area contributed by atoms with Crippen LogP contribution in [0.3, 0.4) is 0 Å². The van der Waals surface area contributed by atoms with Crippen molar-refractivity contribution in [1.29, 1.82) is 0 Å². The average molecular weight is 387 g/mol. The second-order valence-corrected chi connectivity index (χ2v) is 8.24. The molecule has 140 valence electrons. The lowest BCUT2D eigenvalue weighted by atomic mass is 9.87. The van der Waals surface area contributed by atoms with E-state index < -0.39 is 5.97 Å². The van der Waals surface area contributed by atoms with E-state index >= 15 is 0 Å². The number of carbonyl (C=O) groups is 1. The molecule has 0 aromatic heterocycles. The van der Waals surface area contributed by atoms with Gasteiger partial charge in [-0.15, -0.1) is 11.8 Å². The normalized spacial score (nSPS) is 11.2. The molecule has 0 saturated heterocycles. The van der Waals surface area contributed by atoms with Gasteiger partial charge in [-0.25, -0.2) is 0 Å². The number of carboxylic acids is 1. The molecule has 0 atom stereocenters. The summed E-state index contributed by atoms with van der Waals surface area (Å²) in [6.07, 6.45) is 0. The minimum absolute atomic E-state index is 0.0515. The molecule has 28 heavy (non-hydrogen) atoms. The predicted octanol–water partition coefficient (Wildman–Crippen LogP) is 6.76. The first-order chi connectivity index (χ1) is 13.5. The van der Waals surface area contributed by atoms with Crippen molar-refractivity contribution in [3.05, 3.63) is 77.4 Å². The molecule has 4 rings (SSSR count). The van der Waals surface area contributed by atoms with Crippen LogP contribution in [0.5, 0.6) is 0 Å². The molecule has 3 heteroatoms. The summed E-state index contributed by atoms with van der Waals surface area (Å²) in [5.41, 5.74) is 6.30. The van der Waals surface area contributed by atoms with Crippen LogP contribution in [0.2, 0.25) is 0 Å². The molecule has 4 aromatic rings. The Morgan fingerprint density at radius 3 is 1.71 bits per heavy atom. The topological polar surface area (TPSA) is 37.3 Å². The minimum Gasteiger partial charge on any atom is -0.481 e. The van der Waals surface area contributed by atoms with Crippen LogP contribution in [0.15, 0.2) is 65.6 Å². The van der Waals surface area contributed by atoms with Gasteiger partial charge in [0.05, 0.1) is 5.75 Å². The first kappa shape index (κ1) is 18.6. The monoisotopic (exact) mass is 386 g/mol. The SMILES string of the molecule is Cc1cc(C)c(-c2c3ccccc3c(SCC(=O)O)c3ccccc23)c(C)c1. The van der Waals surface area contributed by atoms with Crippen molar-refractivity contribution in [2.45, 2.75) is 25.7 Å². The van der Waals surface area contributed by atoms with Gasteiger partial charge in [0.1, 0.15) is 0 Å². The molecule has 4 aromatic carbocycles. The Hall–Kier alpha value is -2.78. The quantitative estimate of drug-likeness (QED) is 0.311. The van der Waals surface area contributed by atoms with Crippen LogP contribution in [0, 0.1) is 20.8 Å². The Morgan fingerprint density at radius 1 is 0.786 bits per heavy atom. The number of aryl methyl sites for hydroxylation is 3. The zero-order chi connectivity index (χ0) is 19.8. The highest BCUT2D eigenvalue weighted by atomic mass is 32.2. The number of rotatable bonds is 4. The highest BCUT2D eigenvalue weighted by Gasteiger charge is 2.18. The van der Waals surface area contributed by atoms with E-state index in [4.69, 9.17) is 0 Å². The van der Waals surface area contributed by atoms with Gasteiger partial charge in [-0.05, 0) is 64.6 Å². The molecule has 0 heterocycles. The smallest absolute Gasteiger partial charge is 0.313 e. The first-order valence-corrected chi connectivity index (χ1v) is 10.3. The Morgan fingerprint density at radius 2 is 1.25 bits per heavy atom. The molecule has 0 fully saturated rings. The van der Waals surface area contributed by atoms with Crippen LogP contribution in [-0.2, 0) is 4.79 Å². The fourth-order valence-electron chi connectivity index (χ4n) is 4.22. The van der Waals surface area contributed by atoms with Crippen LogP contribution < -0.4 is 0 Å². The molecule has 0 radical (unpaired) electrons. The van der Waals surface area contributed by atoms with E-state index in [1.807, 2.05) is 12.1 Å². The average Bonchev–Trinajstić information content (AvgIpc) is 2.66. The van der Waals surface area contributed by atoms with Gasteiger partial charge in [0.2, 0.25) is 0 Å². The van der Waals surface area contributed by atoms with E-state index in [2.05, 4.69) is 69.3 Å². The Kier molecular flexibility index (Phi) is 4.86. The van der Waals surface area contributed by atoms with Crippen LogP contribution in [0.25, 0.3) is 32.7 Å². The van der Waals surface area contributed by atoms with Gasteiger partial charge in [-0.3, -0.25) is 4.79 Å². The number of hydrogen-bond donors (Lipinski definition) is 1. The fraction of sp³-hybridized carbons (Fsp3) is 0.160. The number of benzene rings is 4. The number of thioether (sulfide) groups is 1. The number of fused-ring (bicyclic) bond motifs is 2. The molecule has 2 nitrogen and oxygen atoms in total. The summed E-state index contributed by atoms with van der Waals surface area (Å²) in [6, 6.07) is 21.2. The molecular weight excluding hydrogens is 364 g/mol. The highest BCUT2D eigenvalue weighted by Crippen LogP contribution is 2.44. The summed E-state index contributed by atoms with van der Waals surface area (Å²) >= 11 is 1.40. The minimum atomic E-state index is -0.799. The zero-order valence-electron chi connectivity index (χ0n) is 16.2. The Labute approximate surface area is 169 Å². The maximum Gasteiger partial charge on any atom is 0.313 e. The Balaban J connectivity index is 2.16. The van der Waals surface area contributed by atoms with Crippen molar-refractivity contribution in [2.24, 2.45) is 0 Å². The second-order valence-electron chi connectivity index (χ2n) is 7.25. The molecule has 0 amide bonds. The van der Waals surface area contributed by atoms with Gasteiger partial charge in [0, 0.05) is 4.90 Å². The van der Waals surface area contributed by atoms with E-state index in [1.54, 1.807) is 0 Å². The maximum atomic E-state index is 11.2. The van der Waals surface area contributed by atoms with E-state index in [9.17, 15) is 9.90 Å². The van der Waals surface area contributed by atoms with E-state index in [-0.39, 0.29) is 5.75 Å². The van der Waals surface area contributed by atoms with Crippen LogP contribution >= 0.6 is 11.8 Å². The Bertz CT molecular complexity index is 1140. The van der Waals surface area contributed by atoms with Crippen molar-refractivity contribution in [3.63, 3.8) is 0 Å². The predicted molar refractivity (Wildman–Crippen MR) is 119 cm³/mol. The molecule has 0 aliphatic carbocycles. The third kappa shape index (κ3) is 3.16. The van der Waals surface area contributed by atoms with Gasteiger partial charge >= 0.3 is 5.97 Å². The standard InChI is InChI=1S/C25H22O2S/c1-15-12-16(2)23(17(3)13-15)24-18-8-4-6-10-20(18)25(28-14-22(26)27)21-11-7-5-9-19(21)24/h4-13H,14H2,1-3H3,(H,26,27). The third-order valence-corrected chi connectivity index (χ3v) is 6.27. The summed E-state index contributed by atoms with van der Waals surface area (Å²) in [5, 5.41) is 13.8. The van der Waals surface area contributed by atoms with Crippen molar-refractivity contribution < 1.29 is 9.90 Å². The lowest BCUT2D eigenvalue weighted by Crippen LogP contribution is -1.99. The zero-order valence-corrected chi connectivity index (χ0v) is 17.1. The summed E-state index contributed by atoms with van der Waals surface area (Å²) in [4.78, 5) is 12.3. The van der Waals surface area contributed by atoms with Crippen LogP contribution in [0.4, 0.5) is 0 Å². The molecule has 1 N–H and O–H groups in total. The van der Waals surface area contributed by atoms with Crippen LogP contribution in [-0.4, -0.2) is 16.8 Å². The number of hydrogen-bond acceptors (Lipinski definition) is 2. The number of aliphatic carboxylic acids is 1. The third-order valence-electron chi connectivity index (χ3n) is 5.15. The van der Waals surface area contributed by atoms with Crippen molar-refractivity contribution in [2.75, 3.05) is 5.75 Å². The van der Waals surface area contributed by atoms with E-state index in [0.717, 1.165) is 15.7 Å². The molecule has 0 saturated carbocycles. The van der Waals surface area contributed by atoms with E-state index in [1.165, 1.54) is 50.4 Å². The summed E-state index contributed by atoms with van der Waals surface area (Å²) in [5.74, 6) is -0.747. The van der Waals surface area contributed by atoms with E-state index in [0.29, 0.717) is 0 Å². The second kappa shape index (κ2) is 7.33. The van der Waals surface area contributed by atoms with Gasteiger partial charge < -0.3 is 5.11 Å². The lowest BCUT2D eigenvalue weighted by molar-refractivity contribution is -0.133. The first-order valence-electron chi connectivity index (χ1n) is 9.33. The fourth-order valence-corrected chi connectivity index (χ4v) is 5.16. The summed E-state index contributed by atoms with van der Waals surface area (Å²) < 4.78 is 0. The van der Waals surface area contributed by atoms with Crippen molar-refractivity contribution in [1.82, 2.24) is 0 Å². The van der Waals surface area contributed by atoms with Crippen molar-refractivity contribution in [3.8, 4) is 11.1 Å². The summed E-state index contributed by atoms with van der Waals surface area (Å²) in [6.45, 7) is 6.48. The van der Waals surface area contributed by atoms with Crippen LogP contribution in [0.1, 0.15) is 16.7 Å². The van der Waals surface area contributed by atoms with Gasteiger partial charge in [-0.2, -0.15) is 0 Å². The number of carboxylic acid groups (broad SMARTS) is 1. The molecule has 0 aliphatic heterocycles.